The van der Waals surface area contributed by atoms with Crippen molar-refractivity contribution in [2.24, 2.45) is 0 Å². The number of thioether (sulfide) groups is 1. The van der Waals surface area contributed by atoms with Crippen LogP contribution in [0.5, 0.6) is 5.75 Å². The fraction of sp³-hybridized carbons (Fsp3) is 0.250. The molecule has 0 radical (unpaired) electrons. The normalized spacial score (nSPS) is 10.9. The molecule has 3 N–H and O–H groups in total. The van der Waals surface area contributed by atoms with Gasteiger partial charge < -0.3 is 15.9 Å². The van der Waals surface area contributed by atoms with E-state index in [1.165, 1.54) is 16.4 Å². The Kier molecular flexibility index (Phi) is 6.20. The predicted molar refractivity (Wildman–Crippen MR) is 112 cm³/mol. The van der Waals surface area contributed by atoms with Gasteiger partial charge in [0.1, 0.15) is 5.75 Å². The molecule has 1 heterocycles. The van der Waals surface area contributed by atoms with Crippen molar-refractivity contribution in [3.05, 3.63) is 54.1 Å². The van der Waals surface area contributed by atoms with E-state index in [9.17, 15) is 4.79 Å². The highest BCUT2D eigenvalue weighted by Crippen LogP contribution is 2.25. The first-order valence-corrected chi connectivity index (χ1v) is 9.88. The van der Waals surface area contributed by atoms with Gasteiger partial charge in [0, 0.05) is 11.3 Å². The third kappa shape index (κ3) is 5.04. The molecule has 0 saturated carbocycles. The van der Waals surface area contributed by atoms with Gasteiger partial charge in [0.2, 0.25) is 11.1 Å². The fourth-order valence-corrected chi connectivity index (χ4v) is 3.26. The van der Waals surface area contributed by atoms with Crippen LogP contribution in [0.2, 0.25) is 0 Å². The van der Waals surface area contributed by atoms with Gasteiger partial charge in [-0.25, -0.2) is 4.68 Å². The van der Waals surface area contributed by atoms with E-state index >= 15 is 0 Å². The first-order valence-electron chi connectivity index (χ1n) is 8.89. The number of hydrogen-bond donors (Lipinski definition) is 2. The van der Waals surface area contributed by atoms with Crippen LogP contribution in [0.25, 0.3) is 11.4 Å². The second-order valence-electron chi connectivity index (χ2n) is 6.58. The van der Waals surface area contributed by atoms with Gasteiger partial charge in [-0.3, -0.25) is 4.79 Å². The Morgan fingerprint density at radius 1 is 1.21 bits per heavy atom. The van der Waals surface area contributed by atoms with Gasteiger partial charge >= 0.3 is 0 Å². The van der Waals surface area contributed by atoms with Gasteiger partial charge in [-0.1, -0.05) is 36.0 Å². The molecule has 2 aromatic carbocycles. The minimum absolute atomic E-state index is 0.0732. The SMILES string of the molecule is Cc1cccc(NC(=O)CSc2nnc(-c3cccc(OC(C)C)c3)n2N)c1. The summed E-state index contributed by atoms with van der Waals surface area (Å²) in [5.41, 5.74) is 2.65. The number of amides is 1. The lowest BCUT2D eigenvalue weighted by atomic mass is 10.2. The molecule has 0 aliphatic heterocycles. The molecule has 3 aromatic rings. The first kappa shape index (κ1) is 19.8. The Morgan fingerprint density at radius 2 is 2.00 bits per heavy atom. The molecule has 0 bridgehead atoms. The smallest absolute Gasteiger partial charge is 0.234 e. The Morgan fingerprint density at radius 3 is 2.75 bits per heavy atom. The Bertz CT molecular complexity index is 971. The largest absolute Gasteiger partial charge is 0.491 e. The molecule has 0 spiro atoms. The highest BCUT2D eigenvalue weighted by molar-refractivity contribution is 7.99. The molecule has 28 heavy (non-hydrogen) atoms. The number of nitrogens with zero attached hydrogens (tertiary/aromatic N) is 3. The number of aryl methyl sites for hydroxylation is 1. The maximum absolute atomic E-state index is 12.2. The summed E-state index contributed by atoms with van der Waals surface area (Å²) in [6, 6.07) is 15.2. The van der Waals surface area contributed by atoms with Gasteiger partial charge in [0.05, 0.1) is 11.9 Å². The van der Waals surface area contributed by atoms with Crippen molar-refractivity contribution in [2.75, 3.05) is 16.9 Å². The average molecular weight is 398 g/mol. The van der Waals surface area contributed by atoms with Crippen molar-refractivity contribution >= 4 is 23.4 Å². The number of rotatable bonds is 7. The Hall–Kier alpha value is -3.00. The van der Waals surface area contributed by atoms with E-state index in [0.29, 0.717) is 11.0 Å². The summed E-state index contributed by atoms with van der Waals surface area (Å²) >= 11 is 1.23. The van der Waals surface area contributed by atoms with Crippen LogP contribution in [-0.4, -0.2) is 32.6 Å². The lowest BCUT2D eigenvalue weighted by molar-refractivity contribution is -0.113. The molecular weight excluding hydrogens is 374 g/mol. The summed E-state index contributed by atoms with van der Waals surface area (Å²) in [6.07, 6.45) is 0.0732. The van der Waals surface area contributed by atoms with Crippen LogP contribution >= 0.6 is 11.8 Å². The second-order valence-corrected chi connectivity index (χ2v) is 7.52. The van der Waals surface area contributed by atoms with Crippen LogP contribution in [0.1, 0.15) is 19.4 Å². The van der Waals surface area contributed by atoms with E-state index in [1.807, 2.05) is 69.3 Å². The van der Waals surface area contributed by atoms with E-state index in [-0.39, 0.29) is 17.8 Å². The molecule has 0 aliphatic rings. The quantitative estimate of drug-likeness (QED) is 0.468. The van der Waals surface area contributed by atoms with Crippen molar-refractivity contribution in [2.45, 2.75) is 32.0 Å². The maximum atomic E-state index is 12.2. The zero-order valence-corrected chi connectivity index (χ0v) is 16.9. The molecule has 3 rings (SSSR count). The minimum Gasteiger partial charge on any atom is -0.491 e. The van der Waals surface area contributed by atoms with E-state index < -0.39 is 0 Å². The van der Waals surface area contributed by atoms with Gasteiger partial charge in [0.15, 0.2) is 5.82 Å². The molecule has 0 aliphatic carbocycles. The average Bonchev–Trinajstić information content (AvgIpc) is 3.00. The second kappa shape index (κ2) is 8.79. The molecule has 0 unspecified atom stereocenters. The first-order chi connectivity index (χ1) is 13.4. The predicted octanol–water partition coefficient (Wildman–Crippen LogP) is 3.49. The molecule has 7 nitrogen and oxygen atoms in total. The summed E-state index contributed by atoms with van der Waals surface area (Å²) in [4.78, 5) is 12.2. The number of benzene rings is 2. The standard InChI is InChI=1S/C20H23N5O2S/c1-13(2)27-17-9-5-7-15(11-17)19-23-24-20(25(19)21)28-12-18(26)22-16-8-4-6-14(3)10-16/h4-11,13H,12,21H2,1-3H3,(H,22,26). The van der Waals surface area contributed by atoms with Crippen LogP contribution in [-0.2, 0) is 4.79 Å². The summed E-state index contributed by atoms with van der Waals surface area (Å²) in [5.74, 6) is 7.44. The van der Waals surface area contributed by atoms with Crippen molar-refractivity contribution in [1.29, 1.82) is 0 Å². The van der Waals surface area contributed by atoms with Crippen LogP contribution < -0.4 is 15.9 Å². The van der Waals surface area contributed by atoms with Crippen LogP contribution in [0.15, 0.2) is 53.7 Å². The number of anilines is 1. The Labute approximate surface area is 168 Å². The van der Waals surface area contributed by atoms with E-state index in [0.717, 1.165) is 22.6 Å². The molecule has 146 valence electrons. The molecule has 0 fully saturated rings. The molecule has 0 atom stereocenters. The number of nitrogens with two attached hydrogens (primary N) is 1. The molecule has 8 heteroatoms. The lowest BCUT2D eigenvalue weighted by Gasteiger charge is -2.10. The van der Waals surface area contributed by atoms with Crippen molar-refractivity contribution in [3.8, 4) is 17.1 Å². The maximum Gasteiger partial charge on any atom is 0.234 e. The van der Waals surface area contributed by atoms with E-state index in [2.05, 4.69) is 15.5 Å². The van der Waals surface area contributed by atoms with Gasteiger partial charge in [0.25, 0.3) is 0 Å². The Balaban J connectivity index is 1.65. The molecule has 1 amide bonds. The zero-order valence-electron chi connectivity index (χ0n) is 16.0. The number of carbonyl (C=O) groups excluding carboxylic acids is 1. The molecule has 1 aromatic heterocycles. The monoisotopic (exact) mass is 397 g/mol. The fourth-order valence-electron chi connectivity index (χ4n) is 2.60. The summed E-state index contributed by atoms with van der Waals surface area (Å²) in [6.45, 7) is 5.91. The van der Waals surface area contributed by atoms with Gasteiger partial charge in [-0.2, -0.15) is 0 Å². The molecular formula is C20H23N5O2S. The van der Waals surface area contributed by atoms with Crippen LogP contribution in [0.4, 0.5) is 5.69 Å². The van der Waals surface area contributed by atoms with Gasteiger partial charge in [-0.15, -0.1) is 10.2 Å². The van der Waals surface area contributed by atoms with Gasteiger partial charge in [-0.05, 0) is 50.6 Å². The zero-order chi connectivity index (χ0) is 20.1. The van der Waals surface area contributed by atoms with E-state index in [4.69, 9.17) is 10.6 Å². The van der Waals surface area contributed by atoms with Crippen molar-refractivity contribution < 1.29 is 9.53 Å². The number of ether oxygens (including phenoxy) is 1. The third-order valence-corrected chi connectivity index (χ3v) is 4.71. The highest BCUT2D eigenvalue weighted by Gasteiger charge is 2.14. The number of nitrogen functional groups attached to an aromatic ring is 1. The number of hydrogen-bond acceptors (Lipinski definition) is 6. The lowest BCUT2D eigenvalue weighted by Crippen LogP contribution is -2.16. The number of carbonyl (C=O) groups is 1. The molecule has 0 saturated heterocycles. The minimum atomic E-state index is -0.132. The third-order valence-electron chi connectivity index (χ3n) is 3.76. The van der Waals surface area contributed by atoms with Crippen molar-refractivity contribution in [1.82, 2.24) is 14.9 Å². The van der Waals surface area contributed by atoms with Crippen molar-refractivity contribution in [3.63, 3.8) is 0 Å². The summed E-state index contributed by atoms with van der Waals surface area (Å²) < 4.78 is 7.10. The summed E-state index contributed by atoms with van der Waals surface area (Å²) in [7, 11) is 0. The van der Waals surface area contributed by atoms with Crippen LogP contribution in [0, 0.1) is 6.92 Å². The number of nitrogens with one attached hydrogen (secondary N) is 1. The highest BCUT2D eigenvalue weighted by atomic mass is 32.2. The van der Waals surface area contributed by atoms with Crippen LogP contribution in [0.3, 0.4) is 0 Å². The number of aromatic nitrogens is 3. The summed E-state index contributed by atoms with van der Waals surface area (Å²) in [5, 5.41) is 11.6. The topological polar surface area (TPSA) is 95.1 Å². The van der Waals surface area contributed by atoms with E-state index in [1.54, 1.807) is 0 Å².